The molecule has 112 valence electrons. The number of hydrogen-bond acceptors (Lipinski definition) is 4. The number of nitrogens with one attached hydrogen (secondary N) is 1. The van der Waals surface area contributed by atoms with Gasteiger partial charge in [0.25, 0.3) is 0 Å². The highest BCUT2D eigenvalue weighted by Gasteiger charge is 2.23. The Morgan fingerprint density at radius 3 is 2.42 bits per heavy atom. The second-order valence-corrected chi connectivity index (χ2v) is 7.98. The van der Waals surface area contributed by atoms with Crippen molar-refractivity contribution in [1.82, 2.24) is 5.32 Å². The molecular formula is C13H26N2O3S. The molecule has 0 aromatic heterocycles. The molecule has 0 aromatic carbocycles. The largest absolute Gasteiger partial charge is 0.352 e. The summed E-state index contributed by atoms with van der Waals surface area (Å²) < 4.78 is 22.1. The fourth-order valence-electron chi connectivity index (χ4n) is 2.56. The number of rotatable bonds is 6. The molecule has 1 fully saturated rings. The third-order valence-corrected chi connectivity index (χ3v) is 4.84. The van der Waals surface area contributed by atoms with Gasteiger partial charge in [-0.2, -0.15) is 0 Å². The second kappa shape index (κ2) is 7.24. The Hall–Kier alpha value is -0.620. The van der Waals surface area contributed by atoms with Crippen LogP contribution in [-0.4, -0.2) is 38.4 Å². The Kier molecular flexibility index (Phi) is 6.26. The summed E-state index contributed by atoms with van der Waals surface area (Å²) in [5, 5.41) is 2.93. The van der Waals surface area contributed by atoms with Gasteiger partial charge >= 0.3 is 0 Å². The van der Waals surface area contributed by atoms with Crippen molar-refractivity contribution in [2.45, 2.75) is 57.5 Å². The number of carbonyl (C=O) groups excluding carboxylic acids is 1. The van der Waals surface area contributed by atoms with E-state index in [1.54, 1.807) is 0 Å². The topological polar surface area (TPSA) is 89.3 Å². The standard InChI is InChI=1S/C13H26N2O3S/c1-10(11-6-4-3-5-7-11)15-13(16)12(14)8-9-19(2,17)18/h10-12H,3-9,14H2,1-2H3,(H,15,16). The molecule has 2 atom stereocenters. The summed E-state index contributed by atoms with van der Waals surface area (Å²) in [5.74, 6) is 0.251. The van der Waals surface area contributed by atoms with Crippen LogP contribution in [-0.2, 0) is 14.6 Å². The molecule has 0 spiro atoms. The molecule has 1 amide bonds. The predicted molar refractivity (Wildman–Crippen MR) is 76.5 cm³/mol. The smallest absolute Gasteiger partial charge is 0.237 e. The van der Waals surface area contributed by atoms with E-state index >= 15 is 0 Å². The van der Waals surface area contributed by atoms with Crippen molar-refractivity contribution in [2.75, 3.05) is 12.0 Å². The zero-order chi connectivity index (χ0) is 14.5. The van der Waals surface area contributed by atoms with Crippen molar-refractivity contribution < 1.29 is 13.2 Å². The van der Waals surface area contributed by atoms with Gasteiger partial charge in [-0.1, -0.05) is 19.3 Å². The normalized spacial score (nSPS) is 20.8. The van der Waals surface area contributed by atoms with Crippen LogP contribution in [0.15, 0.2) is 0 Å². The molecule has 0 saturated heterocycles. The van der Waals surface area contributed by atoms with Gasteiger partial charge < -0.3 is 11.1 Å². The highest BCUT2D eigenvalue weighted by Crippen LogP contribution is 2.26. The molecular weight excluding hydrogens is 264 g/mol. The Morgan fingerprint density at radius 1 is 1.32 bits per heavy atom. The number of amides is 1. The van der Waals surface area contributed by atoms with E-state index in [-0.39, 0.29) is 24.1 Å². The van der Waals surface area contributed by atoms with Crippen molar-refractivity contribution >= 4 is 15.7 Å². The van der Waals surface area contributed by atoms with Crippen LogP contribution in [0.3, 0.4) is 0 Å². The number of hydrogen-bond donors (Lipinski definition) is 2. The highest BCUT2D eigenvalue weighted by atomic mass is 32.2. The van der Waals surface area contributed by atoms with Gasteiger partial charge in [0.1, 0.15) is 9.84 Å². The molecule has 1 rings (SSSR count). The summed E-state index contributed by atoms with van der Waals surface area (Å²) in [6.07, 6.45) is 7.38. The van der Waals surface area contributed by atoms with Crippen LogP contribution in [0.25, 0.3) is 0 Å². The average molecular weight is 290 g/mol. The first-order valence-corrected chi connectivity index (χ1v) is 9.09. The molecule has 2 unspecified atom stereocenters. The summed E-state index contributed by atoms with van der Waals surface area (Å²) in [5.41, 5.74) is 5.73. The SMILES string of the molecule is CC(NC(=O)C(N)CCS(C)(=O)=O)C1CCCCC1. The van der Waals surface area contributed by atoms with E-state index in [0.29, 0.717) is 5.92 Å². The van der Waals surface area contributed by atoms with Crippen LogP contribution < -0.4 is 11.1 Å². The molecule has 1 aliphatic carbocycles. The van der Waals surface area contributed by atoms with Crippen molar-refractivity contribution in [1.29, 1.82) is 0 Å². The Bertz CT molecular complexity index is 389. The minimum absolute atomic E-state index is 0.0423. The van der Waals surface area contributed by atoms with E-state index in [0.717, 1.165) is 19.1 Å². The zero-order valence-electron chi connectivity index (χ0n) is 11.9. The molecule has 19 heavy (non-hydrogen) atoms. The Labute approximate surface area is 116 Å². The van der Waals surface area contributed by atoms with E-state index in [1.807, 2.05) is 6.92 Å². The predicted octanol–water partition coefficient (Wildman–Crippen LogP) is 0.833. The van der Waals surface area contributed by atoms with Gasteiger partial charge in [-0.3, -0.25) is 4.79 Å². The first-order valence-electron chi connectivity index (χ1n) is 7.03. The quantitative estimate of drug-likeness (QED) is 0.758. The first-order chi connectivity index (χ1) is 8.79. The monoisotopic (exact) mass is 290 g/mol. The Balaban J connectivity index is 2.36. The fourth-order valence-corrected chi connectivity index (χ4v) is 3.24. The van der Waals surface area contributed by atoms with Crippen LogP contribution in [0.5, 0.6) is 0 Å². The summed E-state index contributed by atoms with van der Waals surface area (Å²) in [4.78, 5) is 11.9. The van der Waals surface area contributed by atoms with Gasteiger partial charge in [-0.05, 0) is 32.1 Å². The van der Waals surface area contributed by atoms with Crippen molar-refractivity contribution in [3.63, 3.8) is 0 Å². The highest BCUT2D eigenvalue weighted by molar-refractivity contribution is 7.90. The van der Waals surface area contributed by atoms with Crippen LogP contribution in [0.2, 0.25) is 0 Å². The van der Waals surface area contributed by atoms with E-state index in [2.05, 4.69) is 5.32 Å². The lowest BCUT2D eigenvalue weighted by molar-refractivity contribution is -0.123. The zero-order valence-corrected chi connectivity index (χ0v) is 12.7. The van der Waals surface area contributed by atoms with E-state index < -0.39 is 15.9 Å². The van der Waals surface area contributed by atoms with Crippen LogP contribution in [0, 0.1) is 5.92 Å². The average Bonchev–Trinajstić information content (AvgIpc) is 2.36. The van der Waals surface area contributed by atoms with Crippen LogP contribution in [0.4, 0.5) is 0 Å². The van der Waals surface area contributed by atoms with E-state index in [1.165, 1.54) is 19.3 Å². The third-order valence-electron chi connectivity index (χ3n) is 3.86. The summed E-state index contributed by atoms with van der Waals surface area (Å²) in [6, 6.07) is -0.613. The molecule has 0 aliphatic heterocycles. The third kappa shape index (κ3) is 6.38. The molecule has 6 heteroatoms. The first kappa shape index (κ1) is 16.4. The van der Waals surface area contributed by atoms with Crippen molar-refractivity contribution in [3.8, 4) is 0 Å². The number of nitrogens with two attached hydrogens (primary N) is 1. The summed E-state index contributed by atoms with van der Waals surface area (Å²) >= 11 is 0. The molecule has 0 bridgehead atoms. The Morgan fingerprint density at radius 2 is 1.89 bits per heavy atom. The maximum absolute atomic E-state index is 11.9. The van der Waals surface area contributed by atoms with E-state index in [9.17, 15) is 13.2 Å². The summed E-state index contributed by atoms with van der Waals surface area (Å²) in [7, 11) is -3.06. The molecule has 0 heterocycles. The van der Waals surface area contributed by atoms with E-state index in [4.69, 9.17) is 5.73 Å². The molecule has 3 N–H and O–H groups in total. The van der Waals surface area contributed by atoms with Gasteiger partial charge in [0.2, 0.25) is 5.91 Å². The molecule has 1 saturated carbocycles. The van der Waals surface area contributed by atoms with Gasteiger partial charge in [0.15, 0.2) is 0 Å². The summed E-state index contributed by atoms with van der Waals surface area (Å²) in [6.45, 7) is 2.01. The lowest BCUT2D eigenvalue weighted by Crippen LogP contribution is -2.47. The molecule has 1 aliphatic rings. The van der Waals surface area contributed by atoms with Crippen LogP contribution in [0.1, 0.15) is 45.4 Å². The van der Waals surface area contributed by atoms with Crippen molar-refractivity contribution in [2.24, 2.45) is 11.7 Å². The minimum atomic E-state index is -3.06. The van der Waals surface area contributed by atoms with Gasteiger partial charge in [-0.25, -0.2) is 8.42 Å². The molecule has 0 aromatic rings. The lowest BCUT2D eigenvalue weighted by atomic mass is 9.84. The van der Waals surface area contributed by atoms with Gasteiger partial charge in [0, 0.05) is 12.3 Å². The molecule has 5 nitrogen and oxygen atoms in total. The second-order valence-electron chi connectivity index (χ2n) is 5.72. The van der Waals surface area contributed by atoms with Gasteiger partial charge in [0.05, 0.1) is 11.8 Å². The minimum Gasteiger partial charge on any atom is -0.352 e. The van der Waals surface area contributed by atoms with Crippen LogP contribution >= 0.6 is 0 Å². The van der Waals surface area contributed by atoms with Crippen molar-refractivity contribution in [3.05, 3.63) is 0 Å². The molecule has 0 radical (unpaired) electrons. The maximum atomic E-state index is 11.9. The fraction of sp³-hybridized carbons (Fsp3) is 0.923. The lowest BCUT2D eigenvalue weighted by Gasteiger charge is -2.29. The maximum Gasteiger partial charge on any atom is 0.237 e. The number of carbonyl (C=O) groups is 1. The van der Waals surface area contributed by atoms with Gasteiger partial charge in [-0.15, -0.1) is 0 Å². The number of sulfone groups is 1.